The molecular weight excluding hydrogens is 1310 g/mol. The highest BCUT2D eigenvalue weighted by molar-refractivity contribution is 7.47. The summed E-state index contributed by atoms with van der Waals surface area (Å²) in [4.78, 5) is 73.1. The number of aliphatic hydroxyl groups excluding tert-OH is 1. The molecule has 19 heteroatoms. The summed E-state index contributed by atoms with van der Waals surface area (Å²) in [6.45, 7) is 12.0. The molecule has 3 unspecified atom stereocenters. The minimum atomic E-state index is -4.96. The number of phosphoric ester groups is 2. The fourth-order valence-electron chi connectivity index (χ4n) is 12.5. The van der Waals surface area contributed by atoms with Crippen molar-refractivity contribution in [1.29, 1.82) is 0 Å². The average molecular weight is 1470 g/mol. The number of rotatable bonds is 79. The van der Waals surface area contributed by atoms with Crippen molar-refractivity contribution < 1.29 is 80.2 Å². The Morgan fingerprint density at radius 2 is 0.510 bits per heavy atom. The molecule has 0 aliphatic rings. The molecule has 0 aliphatic carbocycles. The van der Waals surface area contributed by atoms with Crippen LogP contribution in [0.25, 0.3) is 0 Å². The summed E-state index contributed by atoms with van der Waals surface area (Å²) in [6, 6.07) is 0. The monoisotopic (exact) mass is 1470 g/mol. The van der Waals surface area contributed by atoms with Gasteiger partial charge in [0.05, 0.1) is 26.4 Å². The Morgan fingerprint density at radius 1 is 0.290 bits per heavy atom. The number of aliphatic hydroxyl groups is 1. The van der Waals surface area contributed by atoms with Gasteiger partial charge in [-0.1, -0.05) is 370 Å². The first kappa shape index (κ1) is 98.1. The van der Waals surface area contributed by atoms with E-state index in [1.165, 1.54) is 231 Å². The molecule has 17 nitrogen and oxygen atoms in total. The third-order valence-electron chi connectivity index (χ3n) is 19.2. The predicted molar refractivity (Wildman–Crippen MR) is 409 cm³/mol. The van der Waals surface area contributed by atoms with E-state index in [-0.39, 0.29) is 25.7 Å². The molecule has 0 fully saturated rings. The van der Waals surface area contributed by atoms with Gasteiger partial charge in [0.25, 0.3) is 0 Å². The summed E-state index contributed by atoms with van der Waals surface area (Å²) in [5.41, 5.74) is 0. The first-order chi connectivity index (χ1) is 48.3. The number of ether oxygens (including phenoxy) is 4. The van der Waals surface area contributed by atoms with Crippen molar-refractivity contribution in [3.63, 3.8) is 0 Å². The molecule has 0 spiro atoms. The van der Waals surface area contributed by atoms with Crippen LogP contribution in [0, 0.1) is 17.8 Å². The Labute approximate surface area is 613 Å². The first-order valence-electron chi connectivity index (χ1n) is 41.9. The Morgan fingerprint density at radius 3 is 0.760 bits per heavy atom. The summed E-state index contributed by atoms with van der Waals surface area (Å²) in [5, 5.41) is 10.6. The lowest BCUT2D eigenvalue weighted by atomic mass is 9.99. The van der Waals surface area contributed by atoms with Gasteiger partial charge in [0.15, 0.2) is 12.2 Å². The second kappa shape index (κ2) is 71.3. The molecule has 594 valence electrons. The number of hydrogen-bond acceptors (Lipinski definition) is 15. The predicted octanol–water partition coefficient (Wildman–Crippen LogP) is 24.1. The Bertz CT molecular complexity index is 1940. The maximum Gasteiger partial charge on any atom is 0.472 e. The molecule has 100 heavy (non-hydrogen) atoms. The molecular formula is C81H158O17P2. The van der Waals surface area contributed by atoms with Gasteiger partial charge in [0, 0.05) is 25.7 Å². The lowest BCUT2D eigenvalue weighted by Gasteiger charge is -2.21. The lowest BCUT2D eigenvalue weighted by molar-refractivity contribution is -0.161. The molecule has 0 amide bonds. The molecule has 6 atom stereocenters. The zero-order valence-corrected chi connectivity index (χ0v) is 67.5. The van der Waals surface area contributed by atoms with Crippen molar-refractivity contribution in [2.45, 2.75) is 439 Å². The van der Waals surface area contributed by atoms with Crippen LogP contribution in [0.2, 0.25) is 0 Å². The highest BCUT2D eigenvalue weighted by Gasteiger charge is 2.30. The van der Waals surface area contributed by atoms with E-state index in [2.05, 4.69) is 48.5 Å². The minimum absolute atomic E-state index is 0.107. The van der Waals surface area contributed by atoms with E-state index < -0.39 is 97.5 Å². The Hall–Kier alpha value is -1.94. The molecule has 0 saturated heterocycles. The standard InChI is InChI=1S/C81H158O17P2/c1-8-10-11-12-13-14-15-20-28-35-43-50-57-64-80(85)98-77(69-92-79(84)63-56-49-42-37-30-32-39-46-53-60-73(5)6)71-96-100(89,90)94-67-75(82)66-93-99(87,88)95-70-76(68-91-78(83)62-55-48-41-34-27-23-18-16-21-25-31-38-45-52-59-72(3)4)97-81(86)65-58-51-44-36-29-24-19-17-22-26-33-40-47-54-61-74(7)9-2/h72-77,82H,8-71H2,1-7H3,(H,87,88)(H,89,90)/t74?,75-,76-,77-/m1/s1. The highest BCUT2D eigenvalue weighted by atomic mass is 31.2. The van der Waals surface area contributed by atoms with Gasteiger partial charge < -0.3 is 33.8 Å². The van der Waals surface area contributed by atoms with Gasteiger partial charge in [-0.05, 0) is 43.4 Å². The maximum atomic E-state index is 13.1. The molecule has 0 aliphatic heterocycles. The molecule has 0 heterocycles. The average Bonchev–Trinajstić information content (AvgIpc) is 0.947. The van der Waals surface area contributed by atoms with Crippen LogP contribution in [-0.2, 0) is 65.4 Å². The SMILES string of the molecule is CCCCCCCCCCCCCCCC(=O)O[C@H](COC(=O)CCCCCCCCCCCC(C)C)COP(=O)(O)OC[C@H](O)COP(=O)(O)OC[C@@H](COC(=O)CCCCCCCCCCCCCCCCC(C)C)OC(=O)CCCCCCCCCCCCCCCCC(C)CC. The number of carbonyl (C=O) groups is 4. The molecule has 0 aromatic heterocycles. The topological polar surface area (TPSA) is 237 Å². The van der Waals surface area contributed by atoms with Gasteiger partial charge in [0.1, 0.15) is 19.3 Å². The Kier molecular flexibility index (Phi) is 69.9. The number of hydrogen-bond donors (Lipinski definition) is 3. The summed E-state index contributed by atoms with van der Waals surface area (Å²) >= 11 is 0. The summed E-state index contributed by atoms with van der Waals surface area (Å²) in [6.07, 6.45) is 59.5. The molecule has 0 aromatic rings. The number of phosphoric acid groups is 2. The second-order valence-electron chi connectivity index (χ2n) is 30.4. The normalized spacial score (nSPS) is 14.2. The quantitative estimate of drug-likeness (QED) is 0.0222. The number of carbonyl (C=O) groups excluding carboxylic acids is 4. The van der Waals surface area contributed by atoms with Crippen molar-refractivity contribution in [1.82, 2.24) is 0 Å². The van der Waals surface area contributed by atoms with Gasteiger partial charge in [-0.25, -0.2) is 9.13 Å². The van der Waals surface area contributed by atoms with Crippen LogP contribution >= 0.6 is 15.6 Å². The van der Waals surface area contributed by atoms with Crippen molar-refractivity contribution in [3.8, 4) is 0 Å². The van der Waals surface area contributed by atoms with Crippen LogP contribution in [0.3, 0.4) is 0 Å². The molecule has 0 rings (SSSR count). The van der Waals surface area contributed by atoms with E-state index in [4.69, 9.17) is 37.0 Å². The number of unbranched alkanes of at least 4 members (excludes halogenated alkanes) is 46. The Balaban J connectivity index is 5.26. The van der Waals surface area contributed by atoms with Crippen LogP contribution in [-0.4, -0.2) is 96.7 Å². The molecule has 3 N–H and O–H groups in total. The van der Waals surface area contributed by atoms with Crippen molar-refractivity contribution >= 4 is 39.5 Å². The summed E-state index contributed by atoms with van der Waals surface area (Å²) in [5.74, 6) is 0.280. The maximum absolute atomic E-state index is 13.1. The van der Waals surface area contributed by atoms with E-state index in [0.717, 1.165) is 108 Å². The smallest absolute Gasteiger partial charge is 0.462 e. The fourth-order valence-corrected chi connectivity index (χ4v) is 14.0. The van der Waals surface area contributed by atoms with Crippen LogP contribution in [0.15, 0.2) is 0 Å². The van der Waals surface area contributed by atoms with Crippen molar-refractivity contribution in [3.05, 3.63) is 0 Å². The van der Waals surface area contributed by atoms with Gasteiger partial charge >= 0.3 is 39.5 Å². The van der Waals surface area contributed by atoms with Gasteiger partial charge in [-0.2, -0.15) is 0 Å². The zero-order valence-electron chi connectivity index (χ0n) is 65.7. The van der Waals surface area contributed by atoms with Crippen molar-refractivity contribution in [2.75, 3.05) is 39.6 Å². The van der Waals surface area contributed by atoms with Gasteiger partial charge in [-0.3, -0.25) is 37.3 Å². The van der Waals surface area contributed by atoms with Crippen LogP contribution in [0.4, 0.5) is 0 Å². The molecule has 0 aromatic carbocycles. The highest BCUT2D eigenvalue weighted by Crippen LogP contribution is 2.45. The van der Waals surface area contributed by atoms with E-state index in [1.54, 1.807) is 0 Å². The van der Waals surface area contributed by atoms with E-state index in [1.807, 2.05) is 0 Å². The minimum Gasteiger partial charge on any atom is -0.462 e. The second-order valence-corrected chi connectivity index (χ2v) is 33.3. The van der Waals surface area contributed by atoms with Crippen molar-refractivity contribution in [2.24, 2.45) is 17.8 Å². The van der Waals surface area contributed by atoms with Gasteiger partial charge in [-0.15, -0.1) is 0 Å². The van der Waals surface area contributed by atoms with Gasteiger partial charge in [0.2, 0.25) is 0 Å². The fraction of sp³-hybridized carbons (Fsp3) is 0.951. The van der Waals surface area contributed by atoms with Crippen LogP contribution in [0.1, 0.15) is 421 Å². The zero-order chi connectivity index (χ0) is 73.7. The molecule has 0 bridgehead atoms. The van der Waals surface area contributed by atoms with E-state index in [9.17, 15) is 43.2 Å². The third kappa shape index (κ3) is 73.0. The third-order valence-corrected chi connectivity index (χ3v) is 21.1. The summed E-state index contributed by atoms with van der Waals surface area (Å²) in [7, 11) is -9.92. The largest absolute Gasteiger partial charge is 0.472 e. The number of esters is 4. The molecule has 0 radical (unpaired) electrons. The summed E-state index contributed by atoms with van der Waals surface area (Å²) < 4.78 is 68.7. The van der Waals surface area contributed by atoms with E-state index in [0.29, 0.717) is 25.7 Å². The lowest BCUT2D eigenvalue weighted by Crippen LogP contribution is -2.30. The molecule has 0 saturated carbocycles. The van der Waals surface area contributed by atoms with Crippen LogP contribution < -0.4 is 0 Å². The van der Waals surface area contributed by atoms with Crippen LogP contribution in [0.5, 0.6) is 0 Å². The van der Waals surface area contributed by atoms with E-state index >= 15 is 0 Å². The first-order valence-corrected chi connectivity index (χ1v) is 44.9.